The molecule has 1 aliphatic rings. The van der Waals surface area contributed by atoms with Gasteiger partial charge in [0.05, 0.1) is 25.2 Å². The Balaban J connectivity index is 2.33. The normalized spacial score (nSPS) is 22.2. The van der Waals surface area contributed by atoms with Gasteiger partial charge < -0.3 is 40.1 Å². The molecule has 6 N–H and O–H groups in total. The Morgan fingerprint density at radius 1 is 0.593 bits per heavy atom. The number of Topliss-reactive ketones (excluding diaryl/α,β-unsaturated/α-hetero) is 1. The van der Waals surface area contributed by atoms with Crippen LogP contribution in [0.25, 0.3) is 0 Å². The predicted octanol–water partition coefficient (Wildman–Crippen LogP) is 9.01. The third kappa shape index (κ3) is 24.7. The summed E-state index contributed by atoms with van der Waals surface area (Å²) in [6.45, 7) is 3.50. The lowest BCUT2D eigenvalue weighted by atomic mass is 9.91. The molecule has 9 nitrogen and oxygen atoms in total. The maximum Gasteiger partial charge on any atom is 0.186 e. The Morgan fingerprint density at radius 2 is 1.00 bits per heavy atom. The Bertz CT molecular complexity index is 868. The lowest BCUT2D eigenvalue weighted by Gasteiger charge is -2.40. The van der Waals surface area contributed by atoms with Gasteiger partial charge in [0, 0.05) is 0 Å². The van der Waals surface area contributed by atoms with E-state index in [1.165, 1.54) is 141 Å². The van der Waals surface area contributed by atoms with Crippen molar-refractivity contribution in [3.63, 3.8) is 0 Å². The molecular weight excluding hydrogens is 684 g/mol. The van der Waals surface area contributed by atoms with Gasteiger partial charge in [-0.1, -0.05) is 199 Å². The second kappa shape index (κ2) is 35.3. The number of rotatable bonds is 38. The molecule has 1 rings (SSSR count). The van der Waals surface area contributed by atoms with Crippen molar-refractivity contribution < 1.29 is 44.9 Å². The van der Waals surface area contributed by atoms with Crippen LogP contribution < -0.4 is 0 Å². The fraction of sp³-hybridized carbons (Fsp3) is 0.933. The molecule has 0 bridgehead atoms. The highest BCUT2D eigenvalue weighted by Gasteiger charge is 2.44. The molecule has 54 heavy (non-hydrogen) atoms. The second-order valence-corrected chi connectivity index (χ2v) is 16.2. The number of ketones is 1. The van der Waals surface area contributed by atoms with Crippen LogP contribution in [0.5, 0.6) is 0 Å². The van der Waals surface area contributed by atoms with E-state index < -0.39 is 61.2 Å². The first-order valence-electron chi connectivity index (χ1n) is 22.8. The van der Waals surface area contributed by atoms with Crippen LogP contribution in [-0.2, 0) is 14.3 Å². The highest BCUT2D eigenvalue weighted by atomic mass is 16.7. The van der Waals surface area contributed by atoms with Crippen LogP contribution in [0.3, 0.4) is 0 Å². The van der Waals surface area contributed by atoms with E-state index >= 15 is 0 Å². The standard InChI is InChI=1S/C45H86O9/c1-3-5-7-9-11-13-14-15-16-17-18-19-20-21-22-23-24-26-28-30-32-34-39(48)41(49)37(38(47)33-31-29-27-25-12-10-8-6-4-2)36-53-45-44(52)43(51)42(50)40(35-46)54-45/h31,33,37-40,42-48,50-52H,3-30,32,34-36H2,1-2H3/b33-31+/t37-,38+,39+,40+,42-,43-,44+,45+/m0/s1. The summed E-state index contributed by atoms with van der Waals surface area (Å²) in [5.74, 6) is -1.66. The zero-order valence-electron chi connectivity index (χ0n) is 34.8. The summed E-state index contributed by atoms with van der Waals surface area (Å²) in [6, 6.07) is 0. The van der Waals surface area contributed by atoms with Gasteiger partial charge in [0.15, 0.2) is 12.1 Å². The van der Waals surface area contributed by atoms with Gasteiger partial charge in [-0.3, -0.25) is 4.79 Å². The van der Waals surface area contributed by atoms with Gasteiger partial charge in [-0.2, -0.15) is 0 Å². The van der Waals surface area contributed by atoms with E-state index in [4.69, 9.17) is 9.47 Å². The molecule has 0 saturated carbocycles. The zero-order valence-corrected chi connectivity index (χ0v) is 34.8. The van der Waals surface area contributed by atoms with Gasteiger partial charge in [0.1, 0.15) is 30.5 Å². The third-order valence-corrected chi connectivity index (χ3v) is 11.3. The first-order chi connectivity index (χ1) is 26.3. The number of hydrogen-bond acceptors (Lipinski definition) is 9. The molecule has 0 unspecified atom stereocenters. The second-order valence-electron chi connectivity index (χ2n) is 16.2. The van der Waals surface area contributed by atoms with E-state index in [0.29, 0.717) is 12.8 Å². The van der Waals surface area contributed by atoms with Crippen molar-refractivity contribution in [1.82, 2.24) is 0 Å². The summed E-state index contributed by atoms with van der Waals surface area (Å²) in [4.78, 5) is 13.4. The molecule has 0 amide bonds. The average Bonchev–Trinajstić information content (AvgIpc) is 3.17. The highest BCUT2D eigenvalue weighted by Crippen LogP contribution is 2.24. The maximum absolute atomic E-state index is 13.4. The van der Waals surface area contributed by atoms with Crippen LogP contribution in [-0.4, -0.2) is 92.5 Å². The maximum atomic E-state index is 13.4. The van der Waals surface area contributed by atoms with Crippen molar-refractivity contribution in [2.24, 2.45) is 5.92 Å². The van der Waals surface area contributed by atoms with E-state index in [1.54, 1.807) is 6.08 Å². The van der Waals surface area contributed by atoms with Gasteiger partial charge in [-0.25, -0.2) is 0 Å². The van der Waals surface area contributed by atoms with E-state index in [0.717, 1.165) is 38.5 Å². The van der Waals surface area contributed by atoms with Crippen LogP contribution in [0, 0.1) is 5.92 Å². The smallest absolute Gasteiger partial charge is 0.186 e. The summed E-state index contributed by atoms with van der Waals surface area (Å²) in [5.41, 5.74) is 0. The first-order valence-corrected chi connectivity index (χ1v) is 22.8. The quantitative estimate of drug-likeness (QED) is 0.0266. The van der Waals surface area contributed by atoms with Crippen molar-refractivity contribution in [3.05, 3.63) is 12.2 Å². The fourth-order valence-corrected chi connectivity index (χ4v) is 7.50. The molecule has 0 aromatic rings. The molecule has 0 spiro atoms. The van der Waals surface area contributed by atoms with E-state index in [9.17, 15) is 35.4 Å². The predicted molar refractivity (Wildman–Crippen MR) is 219 cm³/mol. The Kier molecular flexibility index (Phi) is 33.4. The van der Waals surface area contributed by atoms with Crippen LogP contribution in [0.1, 0.15) is 206 Å². The van der Waals surface area contributed by atoms with Crippen molar-refractivity contribution >= 4 is 5.78 Å². The lowest BCUT2D eigenvalue weighted by Crippen LogP contribution is -2.59. The highest BCUT2D eigenvalue weighted by molar-refractivity contribution is 5.86. The monoisotopic (exact) mass is 771 g/mol. The zero-order chi connectivity index (χ0) is 39.7. The molecule has 1 saturated heterocycles. The van der Waals surface area contributed by atoms with Crippen molar-refractivity contribution in [1.29, 1.82) is 0 Å². The van der Waals surface area contributed by atoms with Gasteiger partial charge in [0.25, 0.3) is 0 Å². The molecule has 1 aliphatic heterocycles. The molecule has 1 fully saturated rings. The third-order valence-electron chi connectivity index (χ3n) is 11.3. The number of carbonyl (C=O) groups is 1. The number of ether oxygens (including phenoxy) is 2. The van der Waals surface area contributed by atoms with E-state index in [-0.39, 0.29) is 6.61 Å². The fourth-order valence-electron chi connectivity index (χ4n) is 7.50. The number of unbranched alkanes of at least 4 members (excludes halogenated alkanes) is 27. The molecule has 0 radical (unpaired) electrons. The number of aliphatic hydroxyl groups is 6. The number of carbonyl (C=O) groups excluding carboxylic acids is 1. The SMILES string of the molecule is CCCCCCCCC/C=C/[C@@H](O)[C@H](CO[C@@H]1O[C@H](CO)[C@H](O)[C@H](O)[C@H]1O)C(=O)[C@H](O)CCCCCCCCCCCCCCCCCCCCCCC. The molecule has 0 aliphatic carbocycles. The first kappa shape index (κ1) is 51.1. The minimum atomic E-state index is -1.62. The molecule has 0 aromatic carbocycles. The van der Waals surface area contributed by atoms with Gasteiger partial charge in [-0.15, -0.1) is 0 Å². The molecule has 9 heteroatoms. The number of allylic oxidation sites excluding steroid dienone is 1. The largest absolute Gasteiger partial charge is 0.394 e. The Morgan fingerprint density at radius 3 is 1.43 bits per heavy atom. The Hall–Kier alpha value is -0.910. The van der Waals surface area contributed by atoms with Crippen LogP contribution in [0.2, 0.25) is 0 Å². The topological polar surface area (TPSA) is 157 Å². The molecule has 1 heterocycles. The molecule has 8 atom stereocenters. The number of hydrogen-bond donors (Lipinski definition) is 6. The van der Waals surface area contributed by atoms with Crippen LogP contribution in [0.15, 0.2) is 12.2 Å². The Labute approximate surface area is 330 Å². The average molecular weight is 771 g/mol. The van der Waals surface area contributed by atoms with Crippen molar-refractivity contribution in [3.8, 4) is 0 Å². The van der Waals surface area contributed by atoms with Gasteiger partial charge in [-0.05, 0) is 19.3 Å². The molecule has 0 aromatic heterocycles. The summed E-state index contributed by atoms with van der Waals surface area (Å²) in [5, 5.41) is 62.0. The van der Waals surface area contributed by atoms with Crippen molar-refractivity contribution in [2.75, 3.05) is 13.2 Å². The summed E-state index contributed by atoms with van der Waals surface area (Å²) < 4.78 is 11.1. The minimum Gasteiger partial charge on any atom is -0.394 e. The molecular formula is C45H86O9. The van der Waals surface area contributed by atoms with E-state index in [2.05, 4.69) is 13.8 Å². The van der Waals surface area contributed by atoms with Gasteiger partial charge >= 0.3 is 0 Å². The van der Waals surface area contributed by atoms with E-state index in [1.807, 2.05) is 6.08 Å². The lowest BCUT2D eigenvalue weighted by molar-refractivity contribution is -0.303. The number of aliphatic hydroxyl groups excluding tert-OH is 6. The summed E-state index contributed by atoms with van der Waals surface area (Å²) >= 11 is 0. The van der Waals surface area contributed by atoms with Crippen LogP contribution >= 0.6 is 0 Å². The van der Waals surface area contributed by atoms with Gasteiger partial charge in [0.2, 0.25) is 0 Å². The minimum absolute atomic E-state index is 0.295. The van der Waals surface area contributed by atoms with Crippen molar-refractivity contribution in [2.45, 2.75) is 249 Å². The molecule has 320 valence electrons. The van der Waals surface area contributed by atoms with Crippen LogP contribution in [0.4, 0.5) is 0 Å². The summed E-state index contributed by atoms with van der Waals surface area (Å²) in [6.07, 6.45) is 30.0. The summed E-state index contributed by atoms with van der Waals surface area (Å²) in [7, 11) is 0.